The Morgan fingerprint density at radius 3 is 2.75 bits per heavy atom. The van der Waals surface area contributed by atoms with Crippen LogP contribution in [-0.4, -0.2) is 49.6 Å². The van der Waals surface area contributed by atoms with Crippen molar-refractivity contribution in [1.29, 1.82) is 0 Å². The van der Waals surface area contributed by atoms with E-state index in [-0.39, 0.29) is 5.95 Å². The minimum Gasteiger partial charge on any atom is -0.480 e. The molecule has 1 aromatic rings. The molecule has 0 aliphatic rings. The van der Waals surface area contributed by atoms with E-state index in [0.29, 0.717) is 0 Å². The summed E-state index contributed by atoms with van der Waals surface area (Å²) in [6, 6.07) is -2.13. The molecule has 0 saturated heterocycles. The molecule has 0 fully saturated rings. The van der Waals surface area contributed by atoms with Crippen molar-refractivity contribution in [2.75, 3.05) is 11.9 Å². The molecule has 0 aliphatic carbocycles. The van der Waals surface area contributed by atoms with Crippen LogP contribution in [0, 0.1) is 0 Å². The molecule has 9 heteroatoms. The van der Waals surface area contributed by atoms with E-state index in [9.17, 15) is 9.59 Å². The maximum absolute atomic E-state index is 11.3. The molecular formula is C7H11N5O4. The van der Waals surface area contributed by atoms with Crippen molar-refractivity contribution in [2.45, 2.75) is 6.04 Å². The van der Waals surface area contributed by atoms with Gasteiger partial charge in [0.1, 0.15) is 6.33 Å². The number of aliphatic carboxylic acids is 1. The number of carboxylic acids is 1. The van der Waals surface area contributed by atoms with Gasteiger partial charge >= 0.3 is 12.0 Å². The van der Waals surface area contributed by atoms with Gasteiger partial charge in [-0.15, -0.1) is 0 Å². The van der Waals surface area contributed by atoms with E-state index < -0.39 is 24.6 Å². The van der Waals surface area contributed by atoms with Crippen LogP contribution in [0.1, 0.15) is 0 Å². The number of hydrogen-bond donors (Lipinski definition) is 4. The van der Waals surface area contributed by atoms with Gasteiger partial charge in [-0.1, -0.05) is 0 Å². The zero-order valence-electron chi connectivity index (χ0n) is 8.41. The lowest BCUT2D eigenvalue weighted by Crippen LogP contribution is -2.45. The largest absolute Gasteiger partial charge is 0.480 e. The SMILES string of the molecule is Cn1ncnc1NC(=O)NC(CO)C(=O)O. The molecule has 1 rings (SSSR count). The summed E-state index contributed by atoms with van der Waals surface area (Å²) in [6.45, 7) is -0.693. The summed E-state index contributed by atoms with van der Waals surface area (Å²) in [5, 5.41) is 25.3. The Morgan fingerprint density at radius 2 is 2.31 bits per heavy atom. The molecule has 1 aromatic heterocycles. The number of rotatable bonds is 4. The quantitative estimate of drug-likeness (QED) is 0.491. The maximum atomic E-state index is 11.3. The Kier molecular flexibility index (Phi) is 3.78. The molecule has 0 aromatic carbocycles. The molecule has 0 aliphatic heterocycles. The number of hydrogen-bond acceptors (Lipinski definition) is 5. The molecule has 88 valence electrons. The van der Waals surface area contributed by atoms with Gasteiger partial charge in [0.05, 0.1) is 6.61 Å². The normalized spacial score (nSPS) is 11.9. The van der Waals surface area contributed by atoms with Gasteiger partial charge in [-0.3, -0.25) is 5.32 Å². The van der Waals surface area contributed by atoms with Gasteiger partial charge in [0, 0.05) is 7.05 Å². The van der Waals surface area contributed by atoms with Gasteiger partial charge in [0.25, 0.3) is 0 Å². The Bertz CT molecular complexity index is 390. The summed E-state index contributed by atoms with van der Waals surface area (Å²) < 4.78 is 1.30. The first-order chi connectivity index (χ1) is 7.54. The summed E-state index contributed by atoms with van der Waals surface area (Å²) >= 11 is 0. The number of amides is 2. The molecule has 0 radical (unpaired) electrons. The van der Waals surface area contributed by atoms with Crippen LogP contribution in [0.3, 0.4) is 0 Å². The van der Waals surface area contributed by atoms with Crippen molar-refractivity contribution in [2.24, 2.45) is 7.05 Å². The van der Waals surface area contributed by atoms with Crippen LogP contribution in [-0.2, 0) is 11.8 Å². The number of carbonyl (C=O) groups is 2. The molecule has 0 saturated carbocycles. The van der Waals surface area contributed by atoms with Crippen LogP contribution in [0.2, 0.25) is 0 Å². The van der Waals surface area contributed by atoms with Gasteiger partial charge in [-0.2, -0.15) is 10.1 Å². The molecule has 2 amide bonds. The number of aryl methyl sites for hydroxylation is 1. The number of anilines is 1. The third-order valence-electron chi connectivity index (χ3n) is 1.72. The van der Waals surface area contributed by atoms with E-state index in [1.54, 1.807) is 7.05 Å². The summed E-state index contributed by atoms with van der Waals surface area (Å²) in [6.07, 6.45) is 1.23. The third-order valence-corrected chi connectivity index (χ3v) is 1.72. The smallest absolute Gasteiger partial charge is 0.328 e. The zero-order chi connectivity index (χ0) is 12.1. The van der Waals surface area contributed by atoms with Gasteiger partial charge in [-0.25, -0.2) is 14.3 Å². The summed E-state index contributed by atoms with van der Waals surface area (Å²) in [5.74, 6) is -1.16. The first-order valence-corrected chi connectivity index (χ1v) is 4.29. The molecule has 1 unspecified atom stereocenters. The van der Waals surface area contributed by atoms with Crippen LogP contribution in [0.15, 0.2) is 6.33 Å². The summed E-state index contributed by atoms with van der Waals surface area (Å²) in [5.41, 5.74) is 0. The molecule has 16 heavy (non-hydrogen) atoms. The van der Waals surface area contributed by atoms with E-state index in [0.717, 1.165) is 0 Å². The molecule has 9 nitrogen and oxygen atoms in total. The van der Waals surface area contributed by atoms with Crippen LogP contribution < -0.4 is 10.6 Å². The Morgan fingerprint density at radius 1 is 1.62 bits per heavy atom. The maximum Gasteiger partial charge on any atom is 0.328 e. The molecule has 1 atom stereocenters. The number of nitrogens with one attached hydrogen (secondary N) is 2. The van der Waals surface area contributed by atoms with Gasteiger partial charge in [0.15, 0.2) is 6.04 Å². The highest BCUT2D eigenvalue weighted by molar-refractivity contribution is 5.90. The first kappa shape index (κ1) is 11.9. The average Bonchev–Trinajstić information content (AvgIpc) is 2.60. The number of urea groups is 1. The second-order valence-electron chi connectivity index (χ2n) is 2.88. The minimum atomic E-state index is -1.35. The zero-order valence-corrected chi connectivity index (χ0v) is 8.41. The van der Waals surface area contributed by atoms with Crippen molar-refractivity contribution in [1.82, 2.24) is 20.1 Å². The number of aromatic nitrogens is 3. The monoisotopic (exact) mass is 229 g/mol. The van der Waals surface area contributed by atoms with Gasteiger partial charge in [-0.05, 0) is 0 Å². The van der Waals surface area contributed by atoms with Crippen molar-refractivity contribution >= 4 is 17.9 Å². The lowest BCUT2D eigenvalue weighted by Gasteiger charge is -2.11. The number of nitrogens with zero attached hydrogens (tertiary/aromatic N) is 3. The highest BCUT2D eigenvalue weighted by atomic mass is 16.4. The van der Waals surface area contributed by atoms with E-state index in [1.807, 2.05) is 0 Å². The van der Waals surface area contributed by atoms with Crippen LogP contribution in [0.5, 0.6) is 0 Å². The number of aliphatic hydroxyl groups is 1. The fraction of sp³-hybridized carbons (Fsp3) is 0.429. The minimum absolute atomic E-state index is 0.166. The molecule has 4 N–H and O–H groups in total. The first-order valence-electron chi connectivity index (χ1n) is 4.29. The fourth-order valence-electron chi connectivity index (χ4n) is 0.891. The summed E-state index contributed by atoms with van der Waals surface area (Å²) in [4.78, 5) is 25.5. The van der Waals surface area contributed by atoms with Crippen molar-refractivity contribution in [3.63, 3.8) is 0 Å². The van der Waals surface area contributed by atoms with Crippen molar-refractivity contribution in [3.8, 4) is 0 Å². The van der Waals surface area contributed by atoms with Gasteiger partial charge in [0.2, 0.25) is 5.95 Å². The summed E-state index contributed by atoms with van der Waals surface area (Å²) in [7, 11) is 1.56. The standard InChI is InChI=1S/C7H11N5O4/c1-12-6(8-3-9-12)11-7(16)10-4(2-13)5(14)15/h3-4,13H,2H2,1H3,(H,14,15)(H2,8,9,10,11,16). The topological polar surface area (TPSA) is 129 Å². The second kappa shape index (κ2) is 5.07. The van der Waals surface area contributed by atoms with E-state index >= 15 is 0 Å². The predicted molar refractivity (Wildman–Crippen MR) is 51.7 cm³/mol. The Labute approximate surface area is 90.1 Å². The lowest BCUT2D eigenvalue weighted by atomic mass is 10.3. The highest BCUT2D eigenvalue weighted by Gasteiger charge is 2.19. The molecule has 0 bridgehead atoms. The van der Waals surface area contributed by atoms with Gasteiger partial charge < -0.3 is 15.5 Å². The van der Waals surface area contributed by atoms with Crippen LogP contribution in [0.25, 0.3) is 0 Å². The predicted octanol–water partition coefficient (Wildman–Crippen LogP) is -1.62. The second-order valence-corrected chi connectivity index (χ2v) is 2.88. The molecular weight excluding hydrogens is 218 g/mol. The average molecular weight is 229 g/mol. The highest BCUT2D eigenvalue weighted by Crippen LogP contribution is 1.97. The number of carbonyl (C=O) groups excluding carboxylic acids is 1. The van der Waals surface area contributed by atoms with E-state index in [4.69, 9.17) is 10.2 Å². The number of aliphatic hydroxyl groups excluding tert-OH is 1. The van der Waals surface area contributed by atoms with Crippen LogP contribution in [0.4, 0.5) is 10.7 Å². The Hall–Kier alpha value is -2.16. The third kappa shape index (κ3) is 2.92. The van der Waals surface area contributed by atoms with Crippen LogP contribution >= 0.6 is 0 Å². The van der Waals surface area contributed by atoms with Crippen molar-refractivity contribution in [3.05, 3.63) is 6.33 Å². The molecule has 0 spiro atoms. The van der Waals surface area contributed by atoms with Crippen molar-refractivity contribution < 1.29 is 19.8 Å². The van der Waals surface area contributed by atoms with E-state index in [2.05, 4.69) is 20.7 Å². The molecule has 1 heterocycles. The van der Waals surface area contributed by atoms with E-state index in [1.165, 1.54) is 11.0 Å². The number of carboxylic acid groups (broad SMARTS) is 1. The lowest BCUT2D eigenvalue weighted by molar-refractivity contribution is -0.140. The fourth-order valence-corrected chi connectivity index (χ4v) is 0.891. The Balaban J connectivity index is 2.54.